The molecule has 0 saturated heterocycles. The minimum absolute atomic E-state index is 0.0722. The van der Waals surface area contributed by atoms with Gasteiger partial charge in [-0.05, 0) is 26.8 Å². The van der Waals surface area contributed by atoms with Gasteiger partial charge in [0.15, 0.2) is 11.2 Å². The molecule has 29 heavy (non-hydrogen) atoms. The first-order valence-corrected chi connectivity index (χ1v) is 8.40. The lowest BCUT2D eigenvalue weighted by Gasteiger charge is -2.28. The Balaban J connectivity index is 1.91. The smallest absolute Gasteiger partial charge is 0.427 e. The molecule has 0 atom stereocenters. The fourth-order valence-corrected chi connectivity index (χ4v) is 2.31. The van der Waals surface area contributed by atoms with E-state index in [4.69, 9.17) is 4.74 Å². The molecule has 0 saturated carbocycles. The molecule has 0 fully saturated rings. The van der Waals surface area contributed by atoms with Crippen LogP contribution in [0.25, 0.3) is 16.9 Å². The second-order valence-electron chi connectivity index (χ2n) is 6.47. The summed E-state index contributed by atoms with van der Waals surface area (Å²) in [6.07, 6.45) is -4.54. The van der Waals surface area contributed by atoms with Gasteiger partial charge in [0.2, 0.25) is 11.7 Å². The van der Waals surface area contributed by atoms with Crippen LogP contribution < -0.4 is 4.74 Å². The number of hydrogen-bond acceptors (Lipinski definition) is 6. The van der Waals surface area contributed by atoms with E-state index in [0.717, 1.165) is 18.2 Å². The molecule has 0 aliphatic rings. The van der Waals surface area contributed by atoms with E-state index in [1.165, 1.54) is 37.6 Å². The topological polar surface area (TPSA) is 74.4 Å². The molecular weight excluding hydrogens is 401 g/mol. The van der Waals surface area contributed by atoms with E-state index in [1.807, 2.05) is 0 Å². The molecule has 3 aromatic rings. The molecule has 0 aliphatic carbocycles. The van der Waals surface area contributed by atoms with Crippen molar-refractivity contribution in [3.63, 3.8) is 0 Å². The van der Waals surface area contributed by atoms with Crippen molar-refractivity contribution in [1.29, 1.82) is 0 Å². The Labute approximate surface area is 161 Å². The highest BCUT2D eigenvalue weighted by Gasteiger charge is 2.50. The van der Waals surface area contributed by atoms with Crippen molar-refractivity contribution >= 4 is 5.65 Å². The summed E-state index contributed by atoms with van der Waals surface area (Å²) in [5, 5.41) is 7.08. The fourth-order valence-electron chi connectivity index (χ4n) is 2.31. The first-order valence-electron chi connectivity index (χ1n) is 8.40. The van der Waals surface area contributed by atoms with Gasteiger partial charge in [0.1, 0.15) is 0 Å². The maximum atomic E-state index is 14.1. The molecule has 3 heterocycles. The monoisotopic (exact) mass is 417 g/mol. The molecule has 0 N–H and O–H groups in total. The molecule has 0 spiro atoms. The van der Waals surface area contributed by atoms with Gasteiger partial charge in [0.25, 0.3) is 0 Å². The standard InChI is InChI=1S/C17H16F5N5O2/c1-4-28-16(18,19)14-26-25-12-8-23-11(9-27(12)14)10-5-6-13(24-7-10)29-15(2,3)17(20,21)22/h5-9H,4H2,1-3H3. The highest BCUT2D eigenvalue weighted by atomic mass is 19.4. The van der Waals surface area contributed by atoms with Crippen molar-refractivity contribution in [2.45, 2.75) is 38.7 Å². The number of halogens is 5. The molecule has 0 aliphatic heterocycles. The number of rotatable bonds is 6. The maximum absolute atomic E-state index is 14.1. The van der Waals surface area contributed by atoms with E-state index < -0.39 is 23.7 Å². The maximum Gasteiger partial charge on any atom is 0.427 e. The van der Waals surface area contributed by atoms with Crippen LogP contribution in [-0.2, 0) is 10.8 Å². The summed E-state index contributed by atoms with van der Waals surface area (Å²) >= 11 is 0. The molecule has 156 valence electrons. The molecular formula is C17H16F5N5O2. The Hall–Kier alpha value is -2.89. The number of ether oxygens (including phenoxy) is 2. The van der Waals surface area contributed by atoms with Crippen LogP contribution in [0.5, 0.6) is 5.88 Å². The van der Waals surface area contributed by atoms with Gasteiger partial charge in [-0.25, -0.2) is 4.98 Å². The minimum atomic E-state index is -4.59. The van der Waals surface area contributed by atoms with Crippen molar-refractivity contribution in [2.75, 3.05) is 6.61 Å². The van der Waals surface area contributed by atoms with Crippen LogP contribution >= 0.6 is 0 Å². The third-order valence-electron chi connectivity index (χ3n) is 3.95. The van der Waals surface area contributed by atoms with Crippen molar-refractivity contribution in [3.8, 4) is 17.1 Å². The van der Waals surface area contributed by atoms with E-state index in [2.05, 4.69) is 24.9 Å². The van der Waals surface area contributed by atoms with Gasteiger partial charge in [-0.2, -0.15) is 22.0 Å². The van der Waals surface area contributed by atoms with Gasteiger partial charge < -0.3 is 9.47 Å². The van der Waals surface area contributed by atoms with Gasteiger partial charge in [0.05, 0.1) is 18.5 Å². The zero-order valence-electron chi connectivity index (χ0n) is 15.5. The Morgan fingerprint density at radius 2 is 1.72 bits per heavy atom. The summed E-state index contributed by atoms with van der Waals surface area (Å²) in [4.78, 5) is 7.94. The molecule has 7 nitrogen and oxygen atoms in total. The number of hydrogen-bond donors (Lipinski definition) is 0. The molecule has 3 aromatic heterocycles. The SMILES string of the molecule is CCOC(F)(F)c1nnc2cnc(-c3ccc(OC(C)(C)C(F)(F)F)nc3)cn12. The predicted octanol–water partition coefficient (Wildman–Crippen LogP) is 3.99. The predicted molar refractivity (Wildman–Crippen MR) is 90.3 cm³/mol. The molecule has 0 aromatic carbocycles. The number of fused-ring (bicyclic) bond motifs is 1. The average Bonchev–Trinajstić information content (AvgIpc) is 3.05. The second kappa shape index (κ2) is 7.17. The quantitative estimate of drug-likeness (QED) is 0.565. The van der Waals surface area contributed by atoms with E-state index in [-0.39, 0.29) is 23.8 Å². The molecule has 0 unspecified atom stereocenters. The fraction of sp³-hybridized carbons (Fsp3) is 0.412. The van der Waals surface area contributed by atoms with Crippen LogP contribution in [0.3, 0.4) is 0 Å². The van der Waals surface area contributed by atoms with Crippen LogP contribution in [0.4, 0.5) is 22.0 Å². The largest absolute Gasteiger partial charge is 0.462 e. The van der Waals surface area contributed by atoms with Crippen molar-refractivity contribution in [3.05, 3.63) is 36.5 Å². The summed E-state index contributed by atoms with van der Waals surface area (Å²) in [6.45, 7) is 2.94. The van der Waals surface area contributed by atoms with Gasteiger partial charge >= 0.3 is 12.3 Å². The van der Waals surface area contributed by atoms with Crippen molar-refractivity contribution in [1.82, 2.24) is 24.6 Å². The summed E-state index contributed by atoms with van der Waals surface area (Å²) in [7, 11) is 0. The second-order valence-corrected chi connectivity index (χ2v) is 6.47. The highest BCUT2D eigenvalue weighted by Crippen LogP contribution is 2.34. The summed E-state index contributed by atoms with van der Waals surface area (Å²) < 4.78 is 77.3. The van der Waals surface area contributed by atoms with Crippen LogP contribution in [0.15, 0.2) is 30.7 Å². The lowest BCUT2D eigenvalue weighted by molar-refractivity contribution is -0.251. The Kier molecular flexibility index (Phi) is 5.15. The molecule has 0 radical (unpaired) electrons. The van der Waals surface area contributed by atoms with Crippen molar-refractivity contribution in [2.24, 2.45) is 0 Å². The third kappa shape index (κ3) is 4.11. The lowest BCUT2D eigenvalue weighted by Crippen LogP contribution is -2.44. The van der Waals surface area contributed by atoms with Crippen LogP contribution in [0.1, 0.15) is 26.6 Å². The number of alkyl halides is 5. The normalized spacial score (nSPS) is 13.1. The van der Waals surface area contributed by atoms with E-state index in [9.17, 15) is 22.0 Å². The van der Waals surface area contributed by atoms with Crippen LogP contribution in [0, 0.1) is 0 Å². The lowest BCUT2D eigenvalue weighted by atomic mass is 10.1. The molecule has 0 bridgehead atoms. The van der Waals surface area contributed by atoms with Crippen LogP contribution in [-0.4, -0.2) is 43.0 Å². The van der Waals surface area contributed by atoms with E-state index >= 15 is 0 Å². The zero-order valence-corrected chi connectivity index (χ0v) is 15.5. The molecule has 0 amide bonds. The van der Waals surface area contributed by atoms with Gasteiger partial charge in [-0.3, -0.25) is 9.38 Å². The summed E-state index contributed by atoms with van der Waals surface area (Å²) in [5.41, 5.74) is -1.77. The minimum Gasteiger partial charge on any atom is -0.462 e. The third-order valence-corrected chi connectivity index (χ3v) is 3.95. The Morgan fingerprint density at radius 3 is 2.31 bits per heavy atom. The number of aromatic nitrogens is 5. The Bertz CT molecular complexity index is 1000. The molecule has 3 rings (SSSR count). The summed E-state index contributed by atoms with van der Waals surface area (Å²) in [6, 6.07) is 2.64. The van der Waals surface area contributed by atoms with E-state index in [1.54, 1.807) is 0 Å². The Morgan fingerprint density at radius 1 is 1.00 bits per heavy atom. The average molecular weight is 417 g/mol. The number of pyridine rings is 1. The molecule has 12 heteroatoms. The van der Waals surface area contributed by atoms with E-state index in [0.29, 0.717) is 5.56 Å². The zero-order chi connectivity index (χ0) is 21.4. The number of nitrogens with zero attached hydrogens (tertiary/aromatic N) is 5. The first-order chi connectivity index (χ1) is 13.4. The van der Waals surface area contributed by atoms with Crippen LogP contribution in [0.2, 0.25) is 0 Å². The van der Waals surface area contributed by atoms with Gasteiger partial charge in [-0.15, -0.1) is 10.2 Å². The van der Waals surface area contributed by atoms with Gasteiger partial charge in [0, 0.05) is 24.0 Å². The highest BCUT2D eigenvalue weighted by molar-refractivity contribution is 5.59. The first kappa shape index (κ1) is 20.8. The van der Waals surface area contributed by atoms with Crippen molar-refractivity contribution < 1.29 is 31.4 Å². The van der Waals surface area contributed by atoms with Gasteiger partial charge in [-0.1, -0.05) is 0 Å². The summed E-state index contributed by atoms with van der Waals surface area (Å²) in [5.74, 6) is -0.970.